The summed E-state index contributed by atoms with van der Waals surface area (Å²) < 4.78 is 5.67. The lowest BCUT2D eigenvalue weighted by Gasteiger charge is -2.15. The third-order valence-electron chi connectivity index (χ3n) is 3.26. The number of aliphatic hydroxyl groups is 1. The average Bonchev–Trinajstić information content (AvgIpc) is 2.39. The van der Waals surface area contributed by atoms with Gasteiger partial charge in [-0.25, -0.2) is 0 Å². The molecule has 20 heavy (non-hydrogen) atoms. The second-order valence-electron chi connectivity index (χ2n) is 5.43. The molecule has 0 fully saturated rings. The van der Waals surface area contributed by atoms with Gasteiger partial charge in [0.15, 0.2) is 0 Å². The molecule has 4 nitrogen and oxygen atoms in total. The standard InChI is InChI=1S/C16H25NO3/c1-11(2)14(18)10-17-15(19)8-9-20-16-12(3)6-5-7-13(16)4/h5-7,11,14,18H,8-10H2,1-4H3,(H,17,19). The van der Waals surface area contributed by atoms with Crippen molar-refractivity contribution in [2.45, 2.75) is 40.2 Å². The Labute approximate surface area is 121 Å². The molecule has 0 saturated carbocycles. The Hall–Kier alpha value is -1.55. The highest BCUT2D eigenvalue weighted by Crippen LogP contribution is 2.22. The number of ether oxygens (including phenoxy) is 1. The molecule has 1 unspecified atom stereocenters. The van der Waals surface area contributed by atoms with Crippen molar-refractivity contribution in [3.8, 4) is 5.75 Å². The normalized spacial score (nSPS) is 12.3. The first-order chi connectivity index (χ1) is 9.41. The Balaban J connectivity index is 2.32. The van der Waals surface area contributed by atoms with Crippen LogP contribution in [0.2, 0.25) is 0 Å². The molecule has 0 radical (unpaired) electrons. The zero-order valence-corrected chi connectivity index (χ0v) is 12.8. The van der Waals surface area contributed by atoms with Crippen LogP contribution in [0.3, 0.4) is 0 Å². The van der Waals surface area contributed by atoms with Crippen LogP contribution in [0.4, 0.5) is 0 Å². The first-order valence-corrected chi connectivity index (χ1v) is 7.05. The Morgan fingerprint density at radius 3 is 2.45 bits per heavy atom. The van der Waals surface area contributed by atoms with E-state index in [-0.39, 0.29) is 11.8 Å². The Morgan fingerprint density at radius 2 is 1.90 bits per heavy atom. The quantitative estimate of drug-likeness (QED) is 0.804. The number of para-hydroxylation sites is 1. The van der Waals surface area contributed by atoms with Crippen LogP contribution in [0.1, 0.15) is 31.4 Å². The highest BCUT2D eigenvalue weighted by molar-refractivity contribution is 5.76. The monoisotopic (exact) mass is 279 g/mol. The number of hydrogen-bond donors (Lipinski definition) is 2. The molecule has 1 amide bonds. The van der Waals surface area contributed by atoms with Crippen molar-refractivity contribution in [1.82, 2.24) is 5.32 Å². The molecule has 4 heteroatoms. The molecule has 0 saturated heterocycles. The molecule has 0 aliphatic rings. The van der Waals surface area contributed by atoms with Crippen molar-refractivity contribution in [3.63, 3.8) is 0 Å². The van der Waals surface area contributed by atoms with Crippen LogP contribution >= 0.6 is 0 Å². The highest BCUT2D eigenvalue weighted by Gasteiger charge is 2.11. The van der Waals surface area contributed by atoms with E-state index in [2.05, 4.69) is 5.32 Å². The number of hydrogen-bond acceptors (Lipinski definition) is 3. The van der Waals surface area contributed by atoms with Gasteiger partial charge in [-0.15, -0.1) is 0 Å². The van der Waals surface area contributed by atoms with E-state index in [9.17, 15) is 9.90 Å². The van der Waals surface area contributed by atoms with Gasteiger partial charge in [-0.1, -0.05) is 32.0 Å². The number of rotatable bonds is 7. The SMILES string of the molecule is Cc1cccc(C)c1OCCC(=O)NCC(O)C(C)C. The van der Waals surface area contributed by atoms with Gasteiger partial charge in [0.1, 0.15) is 5.75 Å². The minimum Gasteiger partial charge on any atom is -0.493 e. The van der Waals surface area contributed by atoms with Crippen LogP contribution in [0.25, 0.3) is 0 Å². The number of nitrogens with one attached hydrogen (secondary N) is 1. The molecule has 0 aliphatic carbocycles. The lowest BCUT2D eigenvalue weighted by molar-refractivity contribution is -0.122. The molecule has 1 aromatic rings. The summed E-state index contributed by atoms with van der Waals surface area (Å²) in [6.07, 6.45) is -0.211. The van der Waals surface area contributed by atoms with Gasteiger partial charge in [-0.2, -0.15) is 0 Å². The van der Waals surface area contributed by atoms with Gasteiger partial charge in [0.25, 0.3) is 0 Å². The number of aryl methyl sites for hydroxylation is 2. The van der Waals surface area contributed by atoms with Gasteiger partial charge >= 0.3 is 0 Å². The molecule has 0 heterocycles. The van der Waals surface area contributed by atoms with Crippen LogP contribution in [-0.2, 0) is 4.79 Å². The van der Waals surface area contributed by atoms with Crippen LogP contribution in [0, 0.1) is 19.8 Å². The smallest absolute Gasteiger partial charge is 0.223 e. The van der Waals surface area contributed by atoms with E-state index < -0.39 is 6.10 Å². The molecule has 2 N–H and O–H groups in total. The summed E-state index contributed by atoms with van der Waals surface area (Å²) in [5.41, 5.74) is 2.14. The van der Waals surface area contributed by atoms with E-state index in [0.29, 0.717) is 19.6 Å². The molecule has 1 aromatic carbocycles. The van der Waals surface area contributed by atoms with E-state index in [4.69, 9.17) is 4.74 Å². The van der Waals surface area contributed by atoms with Gasteiger partial charge in [0.05, 0.1) is 19.1 Å². The molecule has 1 rings (SSSR count). The largest absolute Gasteiger partial charge is 0.493 e. The predicted octanol–water partition coefficient (Wildman–Crippen LogP) is 2.21. The Kier molecular flexibility index (Phi) is 6.52. The number of benzene rings is 1. The minimum atomic E-state index is -0.501. The summed E-state index contributed by atoms with van der Waals surface area (Å²) in [6.45, 7) is 8.44. The fraction of sp³-hybridized carbons (Fsp3) is 0.562. The fourth-order valence-electron chi connectivity index (χ4n) is 1.82. The molecule has 0 bridgehead atoms. The van der Waals surface area contributed by atoms with E-state index in [1.54, 1.807) is 0 Å². The first kappa shape index (κ1) is 16.5. The molecule has 0 aliphatic heterocycles. The van der Waals surface area contributed by atoms with E-state index in [0.717, 1.165) is 16.9 Å². The topological polar surface area (TPSA) is 58.6 Å². The number of carbonyl (C=O) groups excluding carboxylic acids is 1. The molecular weight excluding hydrogens is 254 g/mol. The van der Waals surface area contributed by atoms with Crippen LogP contribution in [0.5, 0.6) is 5.75 Å². The Bertz CT molecular complexity index is 423. The molecular formula is C16H25NO3. The summed E-state index contributed by atoms with van der Waals surface area (Å²) in [5, 5.41) is 12.3. The van der Waals surface area contributed by atoms with Gasteiger partial charge in [-0.3, -0.25) is 4.79 Å². The third-order valence-corrected chi connectivity index (χ3v) is 3.26. The fourth-order valence-corrected chi connectivity index (χ4v) is 1.82. The molecule has 0 spiro atoms. The van der Waals surface area contributed by atoms with Crippen molar-refractivity contribution < 1.29 is 14.6 Å². The number of aliphatic hydroxyl groups excluding tert-OH is 1. The van der Waals surface area contributed by atoms with Gasteiger partial charge in [0, 0.05) is 6.54 Å². The highest BCUT2D eigenvalue weighted by atomic mass is 16.5. The van der Waals surface area contributed by atoms with Gasteiger partial charge in [0.2, 0.25) is 5.91 Å². The predicted molar refractivity (Wildman–Crippen MR) is 79.9 cm³/mol. The third kappa shape index (κ3) is 5.21. The van der Waals surface area contributed by atoms with Crippen LogP contribution in [0.15, 0.2) is 18.2 Å². The van der Waals surface area contributed by atoms with E-state index >= 15 is 0 Å². The summed E-state index contributed by atoms with van der Waals surface area (Å²) in [5.74, 6) is 0.889. The Morgan fingerprint density at radius 1 is 1.30 bits per heavy atom. The van der Waals surface area contributed by atoms with E-state index in [1.807, 2.05) is 45.9 Å². The summed E-state index contributed by atoms with van der Waals surface area (Å²) in [7, 11) is 0. The number of amides is 1. The van der Waals surface area contributed by atoms with Crippen LogP contribution in [-0.4, -0.2) is 30.3 Å². The number of carbonyl (C=O) groups is 1. The maximum atomic E-state index is 11.6. The summed E-state index contributed by atoms with van der Waals surface area (Å²) >= 11 is 0. The van der Waals surface area contributed by atoms with Crippen molar-refractivity contribution in [2.24, 2.45) is 5.92 Å². The summed E-state index contributed by atoms with van der Waals surface area (Å²) in [6, 6.07) is 5.96. The maximum Gasteiger partial charge on any atom is 0.223 e. The van der Waals surface area contributed by atoms with Crippen LogP contribution < -0.4 is 10.1 Å². The molecule has 0 aromatic heterocycles. The zero-order valence-electron chi connectivity index (χ0n) is 12.8. The molecule has 1 atom stereocenters. The minimum absolute atomic E-state index is 0.101. The summed E-state index contributed by atoms with van der Waals surface area (Å²) in [4.78, 5) is 11.6. The zero-order chi connectivity index (χ0) is 15.1. The lowest BCUT2D eigenvalue weighted by Crippen LogP contribution is -2.35. The van der Waals surface area contributed by atoms with Gasteiger partial charge in [-0.05, 0) is 30.9 Å². The van der Waals surface area contributed by atoms with Gasteiger partial charge < -0.3 is 15.2 Å². The first-order valence-electron chi connectivity index (χ1n) is 7.05. The van der Waals surface area contributed by atoms with E-state index in [1.165, 1.54) is 0 Å². The lowest BCUT2D eigenvalue weighted by atomic mass is 10.1. The van der Waals surface area contributed by atoms with Crippen molar-refractivity contribution in [3.05, 3.63) is 29.3 Å². The average molecular weight is 279 g/mol. The van der Waals surface area contributed by atoms with Crippen molar-refractivity contribution >= 4 is 5.91 Å². The van der Waals surface area contributed by atoms with Crippen molar-refractivity contribution in [1.29, 1.82) is 0 Å². The maximum absolute atomic E-state index is 11.6. The van der Waals surface area contributed by atoms with Crippen molar-refractivity contribution in [2.75, 3.05) is 13.2 Å². The second kappa shape index (κ2) is 7.90. The second-order valence-corrected chi connectivity index (χ2v) is 5.43. The molecule has 112 valence electrons.